The number of benzene rings is 1. The summed E-state index contributed by atoms with van der Waals surface area (Å²) in [6.07, 6.45) is 1.13. The van der Waals surface area contributed by atoms with Crippen molar-refractivity contribution < 1.29 is 17.9 Å². The molecule has 98 valence electrons. The normalized spacial score (nSPS) is 12.0. The van der Waals surface area contributed by atoms with Crippen molar-refractivity contribution >= 4 is 22.4 Å². The van der Waals surface area contributed by atoms with Crippen molar-refractivity contribution in [1.29, 1.82) is 0 Å². The Bertz CT molecular complexity index is 564. The topological polar surface area (TPSA) is 76.0 Å². The largest absolute Gasteiger partial charge is 0.465 e. The van der Waals surface area contributed by atoms with Gasteiger partial charge in [0.15, 0.2) is 0 Å². The van der Waals surface area contributed by atoms with Gasteiger partial charge in [-0.1, -0.05) is 18.2 Å². The quantitative estimate of drug-likeness (QED) is 0.596. The Morgan fingerprint density at radius 3 is 2.50 bits per heavy atom. The van der Waals surface area contributed by atoms with Crippen LogP contribution in [0.3, 0.4) is 0 Å². The molecule has 0 bridgehead atoms. The van der Waals surface area contributed by atoms with Crippen LogP contribution in [0.1, 0.15) is 15.9 Å². The van der Waals surface area contributed by atoms with Crippen molar-refractivity contribution in [2.75, 3.05) is 21.2 Å². The fourth-order valence-electron chi connectivity index (χ4n) is 1.12. The third-order valence-electron chi connectivity index (χ3n) is 2.15. The predicted molar refractivity (Wildman–Crippen MR) is 68.0 cm³/mol. The van der Waals surface area contributed by atoms with E-state index in [1.807, 2.05) is 0 Å². The third-order valence-corrected chi connectivity index (χ3v) is 3.45. The van der Waals surface area contributed by atoms with Crippen LogP contribution in [0.4, 0.5) is 0 Å². The number of hydrogen-bond acceptors (Lipinski definition) is 4. The van der Waals surface area contributed by atoms with Gasteiger partial charge in [0.05, 0.1) is 12.7 Å². The van der Waals surface area contributed by atoms with Crippen LogP contribution in [0, 0.1) is 0 Å². The van der Waals surface area contributed by atoms with Crippen LogP contribution in [0.15, 0.2) is 28.7 Å². The van der Waals surface area contributed by atoms with Crippen molar-refractivity contribution in [3.63, 3.8) is 0 Å². The highest BCUT2D eigenvalue weighted by Crippen LogP contribution is 2.08. The van der Waals surface area contributed by atoms with Gasteiger partial charge < -0.3 is 4.74 Å². The first-order valence-electron chi connectivity index (χ1n) is 5.03. The molecule has 0 atom stereocenters. The van der Waals surface area contributed by atoms with E-state index in [-0.39, 0.29) is 5.56 Å². The van der Waals surface area contributed by atoms with Crippen LogP contribution in [0.2, 0.25) is 0 Å². The number of nitrogens with zero attached hydrogens (tertiary/aromatic N) is 2. The zero-order valence-electron chi connectivity index (χ0n) is 10.3. The number of carbonyl (C=O) groups excluding carboxylic acids is 1. The van der Waals surface area contributed by atoms with Gasteiger partial charge in [-0.25, -0.2) is 4.79 Å². The van der Waals surface area contributed by atoms with E-state index < -0.39 is 16.2 Å². The number of ether oxygens (including phenoxy) is 1. The second kappa shape index (κ2) is 5.74. The van der Waals surface area contributed by atoms with Crippen molar-refractivity contribution in [3.8, 4) is 0 Å². The monoisotopic (exact) mass is 270 g/mol. The van der Waals surface area contributed by atoms with Gasteiger partial charge in [-0.3, -0.25) is 0 Å². The summed E-state index contributed by atoms with van der Waals surface area (Å²) in [5.74, 6) is -0.542. The van der Waals surface area contributed by atoms with E-state index in [2.05, 4.69) is 9.13 Å². The van der Waals surface area contributed by atoms with Crippen LogP contribution in [0.5, 0.6) is 0 Å². The highest BCUT2D eigenvalue weighted by molar-refractivity contribution is 7.87. The maximum Gasteiger partial charge on any atom is 0.338 e. The molecule has 0 heterocycles. The minimum absolute atomic E-state index is 0.262. The SMILES string of the molecule is COC(=O)c1ccccc1/C=N/S(=O)(=O)N(C)C. The Hall–Kier alpha value is -1.73. The van der Waals surface area contributed by atoms with E-state index in [1.165, 1.54) is 27.3 Å². The number of hydrogen-bond donors (Lipinski definition) is 0. The molecule has 18 heavy (non-hydrogen) atoms. The van der Waals surface area contributed by atoms with Crippen LogP contribution in [-0.2, 0) is 14.9 Å². The Balaban J connectivity index is 3.13. The zero-order valence-corrected chi connectivity index (χ0v) is 11.1. The molecule has 0 unspecified atom stereocenters. The van der Waals surface area contributed by atoms with E-state index in [0.29, 0.717) is 5.56 Å². The molecule has 0 aliphatic rings. The molecule has 0 saturated carbocycles. The molecule has 0 amide bonds. The van der Waals surface area contributed by atoms with E-state index in [0.717, 1.165) is 10.5 Å². The van der Waals surface area contributed by atoms with Crippen molar-refractivity contribution in [2.45, 2.75) is 0 Å². The lowest BCUT2D eigenvalue weighted by Gasteiger charge is -2.06. The van der Waals surface area contributed by atoms with Gasteiger partial charge in [-0.15, -0.1) is 0 Å². The Labute approximate surface area is 106 Å². The molecule has 0 spiro atoms. The maximum absolute atomic E-state index is 11.5. The fraction of sp³-hybridized carbons (Fsp3) is 0.273. The lowest BCUT2D eigenvalue weighted by atomic mass is 10.1. The highest BCUT2D eigenvalue weighted by Gasteiger charge is 2.12. The van der Waals surface area contributed by atoms with Crippen LogP contribution in [0.25, 0.3) is 0 Å². The van der Waals surface area contributed by atoms with Gasteiger partial charge >= 0.3 is 16.2 Å². The number of rotatable bonds is 4. The minimum Gasteiger partial charge on any atom is -0.465 e. The summed E-state index contributed by atoms with van der Waals surface area (Å²) in [6.45, 7) is 0. The Morgan fingerprint density at radius 1 is 1.33 bits per heavy atom. The molecular weight excluding hydrogens is 256 g/mol. The van der Waals surface area contributed by atoms with Gasteiger partial charge in [-0.2, -0.15) is 17.1 Å². The second-order valence-corrected chi connectivity index (χ2v) is 5.41. The standard InChI is InChI=1S/C11H14N2O4S/c1-13(2)18(15,16)12-8-9-6-4-5-7-10(9)11(14)17-3/h4-8H,1-3H3/b12-8+. The van der Waals surface area contributed by atoms with E-state index in [9.17, 15) is 13.2 Å². The lowest BCUT2D eigenvalue weighted by Crippen LogP contribution is -2.19. The third kappa shape index (κ3) is 3.38. The molecule has 1 aromatic carbocycles. The molecular formula is C11H14N2O4S. The molecule has 0 aliphatic heterocycles. The molecule has 0 radical (unpaired) electrons. The first-order chi connectivity index (χ1) is 8.38. The van der Waals surface area contributed by atoms with Gasteiger partial charge in [-0.05, 0) is 6.07 Å². The average molecular weight is 270 g/mol. The summed E-state index contributed by atoms with van der Waals surface area (Å²) in [4.78, 5) is 11.4. The maximum atomic E-state index is 11.5. The molecule has 0 fully saturated rings. The highest BCUT2D eigenvalue weighted by atomic mass is 32.2. The molecule has 0 saturated heterocycles. The minimum atomic E-state index is -3.69. The first kappa shape index (κ1) is 14.3. The van der Waals surface area contributed by atoms with Crippen molar-refractivity contribution in [1.82, 2.24) is 4.31 Å². The van der Waals surface area contributed by atoms with Gasteiger partial charge in [0.25, 0.3) is 0 Å². The summed E-state index contributed by atoms with van der Waals surface area (Å²) in [5, 5.41) is 0. The summed E-state index contributed by atoms with van der Waals surface area (Å²) >= 11 is 0. The van der Waals surface area contributed by atoms with Gasteiger partial charge in [0.2, 0.25) is 0 Å². The van der Waals surface area contributed by atoms with Crippen molar-refractivity contribution in [3.05, 3.63) is 35.4 Å². The van der Waals surface area contributed by atoms with Gasteiger partial charge in [0.1, 0.15) is 0 Å². The van der Waals surface area contributed by atoms with E-state index in [4.69, 9.17) is 0 Å². The Kier molecular flexibility index (Phi) is 4.57. The van der Waals surface area contributed by atoms with Crippen LogP contribution >= 0.6 is 0 Å². The molecule has 7 heteroatoms. The summed E-state index contributed by atoms with van der Waals surface area (Å²) in [6, 6.07) is 6.45. The average Bonchev–Trinajstić information content (AvgIpc) is 2.35. The smallest absolute Gasteiger partial charge is 0.338 e. The molecule has 1 rings (SSSR count). The summed E-state index contributed by atoms with van der Waals surface area (Å²) in [7, 11) is 0.310. The second-order valence-electron chi connectivity index (χ2n) is 3.57. The number of methoxy groups -OCH3 is 1. The number of carbonyl (C=O) groups is 1. The first-order valence-corrected chi connectivity index (χ1v) is 6.43. The van der Waals surface area contributed by atoms with Crippen LogP contribution in [-0.4, -0.2) is 46.1 Å². The Morgan fingerprint density at radius 2 is 1.94 bits per heavy atom. The summed E-state index contributed by atoms with van der Waals surface area (Å²) in [5.41, 5.74) is 0.646. The summed E-state index contributed by atoms with van der Waals surface area (Å²) < 4.78 is 32.0. The lowest BCUT2D eigenvalue weighted by molar-refractivity contribution is 0.0600. The molecule has 6 nitrogen and oxygen atoms in total. The predicted octanol–water partition coefficient (Wildman–Crippen LogP) is 0.698. The fourth-order valence-corrected chi connectivity index (χ4v) is 1.56. The van der Waals surface area contributed by atoms with Crippen molar-refractivity contribution in [2.24, 2.45) is 4.40 Å². The molecule has 0 aromatic heterocycles. The van der Waals surface area contributed by atoms with Gasteiger partial charge in [0, 0.05) is 25.9 Å². The molecule has 0 N–H and O–H groups in total. The number of esters is 1. The van der Waals surface area contributed by atoms with E-state index >= 15 is 0 Å². The zero-order chi connectivity index (χ0) is 13.8. The molecule has 0 aliphatic carbocycles. The molecule has 1 aromatic rings. The van der Waals surface area contributed by atoms with Crippen LogP contribution < -0.4 is 0 Å². The van der Waals surface area contributed by atoms with E-state index in [1.54, 1.807) is 18.2 Å².